The molecule has 0 saturated heterocycles. The number of carbonyl (C=O) groups excluding carboxylic acids is 1. The molecule has 0 aliphatic rings. The van der Waals surface area contributed by atoms with Gasteiger partial charge in [-0.3, -0.25) is 9.59 Å². The molecule has 1 heterocycles. The maximum absolute atomic E-state index is 13.5. The van der Waals surface area contributed by atoms with Crippen molar-refractivity contribution >= 4 is 38.7 Å². The number of methoxy groups -OCH3 is 1. The summed E-state index contributed by atoms with van der Waals surface area (Å²) in [6.45, 7) is 1.79. The summed E-state index contributed by atoms with van der Waals surface area (Å²) in [7, 11) is 1.52. The number of fused-ring (bicyclic) bond motifs is 1. The van der Waals surface area contributed by atoms with Crippen molar-refractivity contribution in [2.45, 2.75) is 12.8 Å². The molecule has 0 spiro atoms. The molecule has 1 aromatic heterocycles. The smallest absolute Gasteiger partial charge is 0.312 e. The topological polar surface area (TPSA) is 88.5 Å². The van der Waals surface area contributed by atoms with Crippen molar-refractivity contribution in [3.05, 3.63) is 94.0 Å². The minimum atomic E-state index is -1.03. The first-order valence-electron chi connectivity index (χ1n) is 10.7. The van der Waals surface area contributed by atoms with Crippen LogP contribution in [0.25, 0.3) is 22.2 Å². The van der Waals surface area contributed by atoms with E-state index >= 15 is 0 Å². The van der Waals surface area contributed by atoms with Crippen molar-refractivity contribution < 1.29 is 19.4 Å². The molecule has 6 nitrogen and oxygen atoms in total. The number of aromatic nitrogens is 1. The van der Waals surface area contributed by atoms with E-state index in [1.54, 1.807) is 24.3 Å². The molecular weight excluding hydrogens is 496 g/mol. The highest BCUT2D eigenvalue weighted by atomic mass is 79.9. The number of rotatable bonds is 7. The summed E-state index contributed by atoms with van der Waals surface area (Å²) in [4.78, 5) is 30.3. The van der Waals surface area contributed by atoms with Gasteiger partial charge in [0.15, 0.2) is 0 Å². The van der Waals surface area contributed by atoms with Crippen LogP contribution in [0.5, 0.6) is 5.75 Å². The quantitative estimate of drug-likeness (QED) is 0.333. The van der Waals surface area contributed by atoms with Gasteiger partial charge in [0.05, 0.1) is 29.8 Å². The van der Waals surface area contributed by atoms with Crippen LogP contribution in [0.1, 0.15) is 27.4 Å². The van der Waals surface area contributed by atoms with E-state index in [1.807, 2.05) is 55.5 Å². The van der Waals surface area contributed by atoms with E-state index in [0.29, 0.717) is 33.5 Å². The molecule has 1 atom stereocenters. The van der Waals surface area contributed by atoms with Crippen molar-refractivity contribution in [2.24, 2.45) is 0 Å². The number of amides is 1. The zero-order valence-corrected chi connectivity index (χ0v) is 20.3. The minimum Gasteiger partial charge on any atom is -0.497 e. The molecule has 172 valence electrons. The highest BCUT2D eigenvalue weighted by Crippen LogP contribution is 2.31. The molecule has 2 N–H and O–H groups in total. The Kier molecular flexibility index (Phi) is 6.93. The second-order valence-corrected chi connectivity index (χ2v) is 8.78. The predicted octanol–water partition coefficient (Wildman–Crippen LogP) is 5.58. The number of hydrogen-bond donors (Lipinski definition) is 2. The van der Waals surface area contributed by atoms with Crippen LogP contribution in [0.2, 0.25) is 0 Å². The van der Waals surface area contributed by atoms with Crippen LogP contribution in [0.3, 0.4) is 0 Å². The Bertz CT molecular complexity index is 1370. The van der Waals surface area contributed by atoms with Crippen molar-refractivity contribution in [3.8, 4) is 17.0 Å². The Balaban J connectivity index is 1.73. The number of benzene rings is 3. The van der Waals surface area contributed by atoms with Crippen LogP contribution in [0.4, 0.5) is 0 Å². The van der Waals surface area contributed by atoms with Gasteiger partial charge in [-0.25, -0.2) is 4.98 Å². The normalized spacial score (nSPS) is 11.7. The molecule has 0 fully saturated rings. The standard InChI is InChI=1S/C27H23BrN2O4/c1-16-24(26(31)29-15-22(27(32)33)18-9-6-10-20(13-18)34-2)21-14-19(28)11-12-23(21)30-25(16)17-7-4-3-5-8-17/h3-14,22H,15H2,1-2H3,(H,29,31)(H,32,33)/t22-/m0/s1. The molecule has 34 heavy (non-hydrogen) atoms. The highest BCUT2D eigenvalue weighted by molar-refractivity contribution is 9.10. The van der Waals surface area contributed by atoms with E-state index in [9.17, 15) is 14.7 Å². The van der Waals surface area contributed by atoms with E-state index in [2.05, 4.69) is 21.2 Å². The Labute approximate surface area is 205 Å². The van der Waals surface area contributed by atoms with Gasteiger partial charge >= 0.3 is 5.97 Å². The minimum absolute atomic E-state index is 0.0702. The number of aliphatic carboxylic acids is 1. The second kappa shape index (κ2) is 10.1. The van der Waals surface area contributed by atoms with Crippen LogP contribution in [-0.4, -0.2) is 35.6 Å². The Morgan fingerprint density at radius 3 is 2.53 bits per heavy atom. The van der Waals surface area contributed by atoms with Crippen LogP contribution in [-0.2, 0) is 4.79 Å². The number of pyridine rings is 1. The third kappa shape index (κ3) is 4.79. The van der Waals surface area contributed by atoms with Gasteiger partial charge < -0.3 is 15.2 Å². The maximum Gasteiger partial charge on any atom is 0.312 e. The largest absolute Gasteiger partial charge is 0.497 e. The number of ether oxygens (including phenoxy) is 1. The number of nitrogens with one attached hydrogen (secondary N) is 1. The van der Waals surface area contributed by atoms with Gasteiger partial charge in [0.2, 0.25) is 0 Å². The molecule has 7 heteroatoms. The van der Waals surface area contributed by atoms with Crippen LogP contribution < -0.4 is 10.1 Å². The molecule has 0 saturated carbocycles. The fourth-order valence-corrected chi connectivity index (χ4v) is 4.35. The molecule has 0 unspecified atom stereocenters. The molecule has 4 rings (SSSR count). The van der Waals surface area contributed by atoms with Crippen molar-refractivity contribution in [1.82, 2.24) is 10.3 Å². The lowest BCUT2D eigenvalue weighted by Gasteiger charge is -2.18. The number of carbonyl (C=O) groups is 2. The molecule has 1 amide bonds. The molecule has 3 aromatic carbocycles. The lowest BCUT2D eigenvalue weighted by molar-refractivity contribution is -0.138. The molecule has 0 aliphatic heterocycles. The molecule has 0 bridgehead atoms. The fourth-order valence-electron chi connectivity index (χ4n) is 3.99. The first-order chi connectivity index (χ1) is 16.4. The lowest BCUT2D eigenvalue weighted by Crippen LogP contribution is -2.32. The SMILES string of the molecule is COc1cccc([C@H](CNC(=O)c2c(C)c(-c3ccccc3)nc3ccc(Br)cc23)C(=O)O)c1. The van der Waals surface area contributed by atoms with Gasteiger partial charge in [0.25, 0.3) is 5.91 Å². The zero-order chi connectivity index (χ0) is 24.2. The summed E-state index contributed by atoms with van der Waals surface area (Å²) in [6, 6.07) is 22.1. The second-order valence-electron chi connectivity index (χ2n) is 7.87. The van der Waals surface area contributed by atoms with Gasteiger partial charge in [-0.1, -0.05) is 58.4 Å². The maximum atomic E-state index is 13.5. The lowest BCUT2D eigenvalue weighted by atomic mass is 9.96. The summed E-state index contributed by atoms with van der Waals surface area (Å²) in [5, 5.41) is 13.4. The summed E-state index contributed by atoms with van der Waals surface area (Å²) in [5.74, 6) is -1.75. The highest BCUT2D eigenvalue weighted by Gasteiger charge is 2.24. The average molecular weight is 519 g/mol. The Morgan fingerprint density at radius 2 is 1.82 bits per heavy atom. The van der Waals surface area contributed by atoms with Gasteiger partial charge in [0, 0.05) is 22.0 Å². The summed E-state index contributed by atoms with van der Waals surface area (Å²) in [5.41, 5.74) is 4.04. The van der Waals surface area contributed by atoms with Gasteiger partial charge in [0.1, 0.15) is 5.75 Å². The van der Waals surface area contributed by atoms with Gasteiger partial charge in [-0.15, -0.1) is 0 Å². The first-order valence-corrected chi connectivity index (χ1v) is 11.5. The van der Waals surface area contributed by atoms with Gasteiger partial charge in [-0.2, -0.15) is 0 Å². The summed E-state index contributed by atoms with van der Waals surface area (Å²) < 4.78 is 6.04. The van der Waals surface area contributed by atoms with Crippen LogP contribution in [0.15, 0.2) is 77.3 Å². The van der Waals surface area contributed by atoms with Crippen molar-refractivity contribution in [3.63, 3.8) is 0 Å². The van der Waals surface area contributed by atoms with E-state index in [-0.39, 0.29) is 12.5 Å². The monoisotopic (exact) mass is 518 g/mol. The van der Waals surface area contributed by atoms with Crippen molar-refractivity contribution in [2.75, 3.05) is 13.7 Å². The number of carboxylic acids is 1. The zero-order valence-electron chi connectivity index (χ0n) is 18.7. The number of carboxylic acid groups (broad SMARTS) is 1. The number of hydrogen-bond acceptors (Lipinski definition) is 4. The van der Waals surface area contributed by atoms with E-state index < -0.39 is 11.9 Å². The average Bonchev–Trinajstić information content (AvgIpc) is 2.84. The van der Waals surface area contributed by atoms with E-state index in [4.69, 9.17) is 9.72 Å². The summed E-state index contributed by atoms with van der Waals surface area (Å²) in [6.07, 6.45) is 0. The fraction of sp³-hybridized carbons (Fsp3) is 0.148. The number of nitrogens with zero attached hydrogens (tertiary/aromatic N) is 1. The molecular formula is C27H23BrN2O4. The summed E-state index contributed by atoms with van der Waals surface area (Å²) >= 11 is 3.48. The van der Waals surface area contributed by atoms with Crippen LogP contribution in [0, 0.1) is 6.92 Å². The van der Waals surface area contributed by atoms with Gasteiger partial charge in [-0.05, 0) is 48.4 Å². The van der Waals surface area contributed by atoms with Crippen LogP contribution >= 0.6 is 15.9 Å². The molecule has 0 radical (unpaired) electrons. The molecule has 0 aliphatic carbocycles. The third-order valence-corrected chi connectivity index (χ3v) is 6.22. The first kappa shape index (κ1) is 23.4. The van der Waals surface area contributed by atoms with E-state index in [0.717, 1.165) is 15.6 Å². The van der Waals surface area contributed by atoms with E-state index in [1.165, 1.54) is 7.11 Å². The predicted molar refractivity (Wildman–Crippen MR) is 135 cm³/mol. The molecule has 4 aromatic rings. The Hall–Kier alpha value is -3.71. The third-order valence-electron chi connectivity index (χ3n) is 5.73. The number of halogens is 1. The van der Waals surface area contributed by atoms with Crippen molar-refractivity contribution in [1.29, 1.82) is 0 Å². The Morgan fingerprint density at radius 1 is 1.06 bits per heavy atom.